The summed E-state index contributed by atoms with van der Waals surface area (Å²) in [6, 6.07) is 6.71. The maximum absolute atomic E-state index is 11.4. The van der Waals surface area contributed by atoms with Crippen molar-refractivity contribution in [2.24, 2.45) is 0 Å². The van der Waals surface area contributed by atoms with E-state index in [0.29, 0.717) is 23.2 Å². The third kappa shape index (κ3) is 4.06. The van der Waals surface area contributed by atoms with Crippen LogP contribution in [0.4, 0.5) is 11.9 Å². The van der Waals surface area contributed by atoms with E-state index in [0.717, 1.165) is 0 Å². The Labute approximate surface area is 134 Å². The Balaban J connectivity index is 2.26. The van der Waals surface area contributed by atoms with Gasteiger partial charge >= 0.3 is 12.0 Å². The molecule has 2 rings (SSSR count). The minimum atomic E-state index is -0.401. The maximum atomic E-state index is 11.4. The molecule has 0 atom stereocenters. The van der Waals surface area contributed by atoms with E-state index in [2.05, 4.69) is 19.7 Å². The van der Waals surface area contributed by atoms with Crippen molar-refractivity contribution in [3.05, 3.63) is 29.8 Å². The lowest BCUT2D eigenvalue weighted by Crippen LogP contribution is -2.19. The van der Waals surface area contributed by atoms with E-state index in [9.17, 15) is 4.79 Å². The van der Waals surface area contributed by atoms with Gasteiger partial charge in [-0.25, -0.2) is 4.79 Å². The van der Waals surface area contributed by atoms with Gasteiger partial charge in [-0.15, -0.1) is 0 Å². The lowest BCUT2D eigenvalue weighted by molar-refractivity contribution is 0.0600. The molecule has 0 bridgehead atoms. The predicted molar refractivity (Wildman–Crippen MR) is 86.3 cm³/mol. The number of methoxy groups -OCH3 is 1. The van der Waals surface area contributed by atoms with Crippen molar-refractivity contribution in [2.75, 3.05) is 45.1 Å². The van der Waals surface area contributed by atoms with Crippen molar-refractivity contribution >= 4 is 17.9 Å². The first-order chi connectivity index (χ1) is 10.9. The van der Waals surface area contributed by atoms with Gasteiger partial charge in [0.1, 0.15) is 5.75 Å². The summed E-state index contributed by atoms with van der Waals surface area (Å²) in [7, 11) is 8.68. The van der Waals surface area contributed by atoms with Crippen LogP contribution < -0.4 is 14.5 Å². The lowest BCUT2D eigenvalue weighted by atomic mass is 10.2. The number of carbonyl (C=O) groups is 1. The molecule has 8 heteroatoms. The van der Waals surface area contributed by atoms with E-state index in [4.69, 9.17) is 4.74 Å². The Morgan fingerprint density at radius 1 is 0.913 bits per heavy atom. The molecule has 0 unspecified atom stereocenters. The zero-order chi connectivity index (χ0) is 17.0. The van der Waals surface area contributed by atoms with Crippen LogP contribution in [0.2, 0.25) is 0 Å². The molecule has 0 aliphatic rings. The van der Waals surface area contributed by atoms with Gasteiger partial charge in [-0.05, 0) is 24.3 Å². The summed E-state index contributed by atoms with van der Waals surface area (Å²) in [6.45, 7) is 0. The molecule has 1 aromatic carbocycles. The van der Waals surface area contributed by atoms with Crippen LogP contribution in [0.25, 0.3) is 0 Å². The molecule has 8 nitrogen and oxygen atoms in total. The number of nitrogens with zero attached hydrogens (tertiary/aromatic N) is 5. The van der Waals surface area contributed by atoms with Gasteiger partial charge in [0.2, 0.25) is 11.9 Å². The third-order valence-electron chi connectivity index (χ3n) is 2.88. The lowest BCUT2D eigenvalue weighted by Gasteiger charge is -2.16. The van der Waals surface area contributed by atoms with Crippen LogP contribution >= 0.6 is 0 Å². The van der Waals surface area contributed by atoms with Crippen molar-refractivity contribution < 1.29 is 14.3 Å². The molecule has 0 amide bonds. The van der Waals surface area contributed by atoms with Crippen LogP contribution in [-0.2, 0) is 4.74 Å². The molecular formula is C15H19N5O3. The molecule has 0 radical (unpaired) electrons. The summed E-state index contributed by atoms with van der Waals surface area (Å²) < 4.78 is 10.3. The largest absolute Gasteiger partial charge is 0.465 e. The van der Waals surface area contributed by atoms with Gasteiger partial charge in [0.25, 0.3) is 0 Å². The highest BCUT2D eigenvalue weighted by atomic mass is 16.5. The van der Waals surface area contributed by atoms with Gasteiger partial charge in [-0.3, -0.25) is 0 Å². The second kappa shape index (κ2) is 6.91. The fraction of sp³-hybridized carbons (Fsp3) is 0.333. The SMILES string of the molecule is COC(=O)c1ccc(Oc2nc(N(C)C)nc(N(C)C)n2)cc1. The molecular weight excluding hydrogens is 298 g/mol. The number of hydrogen-bond acceptors (Lipinski definition) is 8. The molecule has 0 spiro atoms. The molecule has 1 heterocycles. The normalized spacial score (nSPS) is 10.1. The summed E-state index contributed by atoms with van der Waals surface area (Å²) in [5.41, 5.74) is 0.443. The molecule has 0 fully saturated rings. The number of esters is 1. The quantitative estimate of drug-likeness (QED) is 0.769. The molecule has 1 aromatic heterocycles. The number of anilines is 2. The number of aromatic nitrogens is 3. The smallest absolute Gasteiger partial charge is 0.337 e. The van der Waals surface area contributed by atoms with E-state index >= 15 is 0 Å². The Bertz CT molecular complexity index is 660. The van der Waals surface area contributed by atoms with E-state index < -0.39 is 5.97 Å². The second-order valence-corrected chi connectivity index (χ2v) is 5.12. The number of rotatable bonds is 5. The zero-order valence-corrected chi connectivity index (χ0v) is 13.8. The molecule has 122 valence electrons. The van der Waals surface area contributed by atoms with E-state index in [1.165, 1.54) is 7.11 Å². The van der Waals surface area contributed by atoms with Crippen LogP contribution in [0.15, 0.2) is 24.3 Å². The highest BCUT2D eigenvalue weighted by molar-refractivity contribution is 5.89. The first-order valence-corrected chi connectivity index (χ1v) is 6.87. The molecule has 23 heavy (non-hydrogen) atoms. The summed E-state index contributed by atoms with van der Waals surface area (Å²) in [4.78, 5) is 27.8. The number of benzene rings is 1. The van der Waals surface area contributed by atoms with Gasteiger partial charge in [0, 0.05) is 28.2 Å². The van der Waals surface area contributed by atoms with Gasteiger partial charge in [-0.1, -0.05) is 0 Å². The van der Waals surface area contributed by atoms with Crippen LogP contribution in [0.3, 0.4) is 0 Å². The highest BCUT2D eigenvalue weighted by Crippen LogP contribution is 2.22. The Morgan fingerprint density at radius 3 is 1.87 bits per heavy atom. The number of hydrogen-bond donors (Lipinski definition) is 0. The first-order valence-electron chi connectivity index (χ1n) is 6.87. The average Bonchev–Trinajstić information content (AvgIpc) is 2.54. The Hall–Kier alpha value is -2.90. The van der Waals surface area contributed by atoms with Crippen molar-refractivity contribution in [2.45, 2.75) is 0 Å². The molecule has 0 aliphatic carbocycles. The third-order valence-corrected chi connectivity index (χ3v) is 2.88. The standard InChI is InChI=1S/C15H19N5O3/c1-19(2)13-16-14(20(3)4)18-15(17-13)23-11-8-6-10(7-9-11)12(21)22-5/h6-9H,1-5H3. The second-order valence-electron chi connectivity index (χ2n) is 5.12. The molecule has 0 N–H and O–H groups in total. The fourth-order valence-electron chi connectivity index (χ4n) is 1.66. The van der Waals surface area contributed by atoms with Crippen molar-refractivity contribution in [1.82, 2.24) is 15.0 Å². The highest BCUT2D eigenvalue weighted by Gasteiger charge is 2.12. The van der Waals surface area contributed by atoms with Gasteiger partial charge in [0.05, 0.1) is 12.7 Å². The number of ether oxygens (including phenoxy) is 2. The molecule has 0 saturated carbocycles. The minimum Gasteiger partial charge on any atom is -0.465 e. The minimum absolute atomic E-state index is 0.179. The van der Waals surface area contributed by atoms with Crippen LogP contribution in [0.5, 0.6) is 11.8 Å². The summed E-state index contributed by atoms with van der Waals surface area (Å²) in [5, 5.41) is 0. The van der Waals surface area contributed by atoms with Crippen LogP contribution in [-0.4, -0.2) is 56.2 Å². The van der Waals surface area contributed by atoms with Gasteiger partial charge in [0.15, 0.2) is 0 Å². The Kier molecular flexibility index (Phi) is 4.95. The van der Waals surface area contributed by atoms with Gasteiger partial charge < -0.3 is 19.3 Å². The average molecular weight is 317 g/mol. The molecule has 0 aliphatic heterocycles. The summed E-state index contributed by atoms with van der Waals surface area (Å²) >= 11 is 0. The topological polar surface area (TPSA) is 80.7 Å². The van der Waals surface area contributed by atoms with Gasteiger partial charge in [-0.2, -0.15) is 15.0 Å². The fourth-order valence-corrected chi connectivity index (χ4v) is 1.66. The number of carbonyl (C=O) groups excluding carboxylic acids is 1. The van der Waals surface area contributed by atoms with E-state index in [-0.39, 0.29) is 6.01 Å². The van der Waals surface area contributed by atoms with E-state index in [1.807, 2.05) is 28.2 Å². The van der Waals surface area contributed by atoms with Crippen molar-refractivity contribution in [1.29, 1.82) is 0 Å². The Morgan fingerprint density at radius 2 is 1.43 bits per heavy atom. The molecule has 2 aromatic rings. The zero-order valence-electron chi connectivity index (χ0n) is 13.8. The molecule has 0 saturated heterocycles. The summed E-state index contributed by atoms with van der Waals surface area (Å²) in [5.74, 6) is 1.09. The van der Waals surface area contributed by atoms with Crippen molar-refractivity contribution in [3.63, 3.8) is 0 Å². The monoisotopic (exact) mass is 317 g/mol. The van der Waals surface area contributed by atoms with Crippen LogP contribution in [0.1, 0.15) is 10.4 Å². The summed E-state index contributed by atoms with van der Waals surface area (Å²) in [6.07, 6.45) is 0. The maximum Gasteiger partial charge on any atom is 0.337 e. The van der Waals surface area contributed by atoms with Crippen LogP contribution in [0, 0.1) is 0 Å². The predicted octanol–water partition coefficient (Wildman–Crippen LogP) is 1.58. The van der Waals surface area contributed by atoms with Crippen molar-refractivity contribution in [3.8, 4) is 11.8 Å². The first kappa shape index (κ1) is 16.5. The van der Waals surface area contributed by atoms with E-state index in [1.54, 1.807) is 34.1 Å².